The Kier molecular flexibility index (Phi) is 5.97. The first-order valence-corrected chi connectivity index (χ1v) is 13.6. The molecule has 39 heavy (non-hydrogen) atoms. The second-order valence-corrected chi connectivity index (χ2v) is 12.1. The zero-order chi connectivity index (χ0) is 27.7. The molecule has 1 amide bonds. The maximum absolute atomic E-state index is 14.1. The van der Waals surface area contributed by atoms with Crippen LogP contribution in [0.2, 0.25) is 0 Å². The van der Waals surface area contributed by atoms with Crippen molar-refractivity contribution < 1.29 is 28.2 Å². The number of carbonyl (C=O) groups is 2. The van der Waals surface area contributed by atoms with Gasteiger partial charge in [0.2, 0.25) is 0 Å². The lowest BCUT2D eigenvalue weighted by molar-refractivity contribution is -0.192. The number of nitrogens with one attached hydrogen (secondary N) is 1. The molecule has 0 radical (unpaired) electrons. The Balaban J connectivity index is 1.26. The third-order valence-electron chi connectivity index (χ3n) is 9.78. The molecule has 7 nitrogen and oxygen atoms in total. The maximum Gasteiger partial charge on any atom is 0.309 e. The molecule has 2 heterocycles. The lowest BCUT2D eigenvalue weighted by Crippen LogP contribution is -2.63. The summed E-state index contributed by atoms with van der Waals surface area (Å²) in [7, 11) is 0. The number of benzene rings is 1. The first kappa shape index (κ1) is 25.8. The highest BCUT2D eigenvalue weighted by molar-refractivity contribution is 5.95. The normalized spacial score (nSPS) is 29.1. The lowest BCUT2D eigenvalue weighted by atomic mass is 9.40. The van der Waals surface area contributed by atoms with Gasteiger partial charge in [0.05, 0.1) is 16.7 Å². The molecule has 1 aromatic carbocycles. The molecule has 3 atom stereocenters. The first-order valence-electron chi connectivity index (χ1n) is 13.6. The molecular formula is C30H33F2N3O4. The van der Waals surface area contributed by atoms with Crippen LogP contribution in [0.15, 0.2) is 30.5 Å². The number of pyridine rings is 1. The number of aromatic nitrogens is 2. The number of aryl methyl sites for hydroxylation is 2. The van der Waals surface area contributed by atoms with Gasteiger partial charge >= 0.3 is 5.97 Å². The van der Waals surface area contributed by atoms with Gasteiger partial charge in [-0.25, -0.2) is 13.8 Å². The number of carboxylic acid groups (broad SMARTS) is 1. The predicted molar refractivity (Wildman–Crippen MR) is 139 cm³/mol. The lowest BCUT2D eigenvalue weighted by Gasteiger charge is -2.64. The van der Waals surface area contributed by atoms with Crippen LogP contribution in [0.1, 0.15) is 66.3 Å². The third kappa shape index (κ3) is 4.00. The number of hydrogen-bond acceptors (Lipinski definition) is 4. The molecule has 3 aromatic rings. The number of hydrogen-bond donors (Lipinski definition) is 2. The molecule has 4 saturated carbocycles. The summed E-state index contributed by atoms with van der Waals surface area (Å²) in [5.74, 6) is -1.30. The zero-order valence-corrected chi connectivity index (χ0v) is 22.4. The van der Waals surface area contributed by atoms with E-state index in [1.807, 2.05) is 6.92 Å². The monoisotopic (exact) mass is 537 g/mol. The van der Waals surface area contributed by atoms with Gasteiger partial charge < -0.3 is 15.2 Å². The fourth-order valence-corrected chi connectivity index (χ4v) is 8.14. The van der Waals surface area contributed by atoms with Gasteiger partial charge in [-0.1, -0.05) is 13.0 Å². The van der Waals surface area contributed by atoms with Gasteiger partial charge in [-0.3, -0.25) is 14.0 Å². The van der Waals surface area contributed by atoms with E-state index < -0.39 is 23.0 Å². The second kappa shape index (κ2) is 9.03. The Hall–Kier alpha value is -3.49. The van der Waals surface area contributed by atoms with Crippen molar-refractivity contribution in [3.05, 3.63) is 64.6 Å². The molecule has 2 N–H and O–H groups in total. The predicted octanol–water partition coefficient (Wildman–Crippen LogP) is 5.46. The number of carboxylic acids is 1. The van der Waals surface area contributed by atoms with Crippen molar-refractivity contribution in [2.75, 3.05) is 6.54 Å². The van der Waals surface area contributed by atoms with Crippen LogP contribution in [0.5, 0.6) is 5.75 Å². The number of carbonyl (C=O) groups excluding carboxylic acids is 1. The molecule has 0 aliphatic heterocycles. The topological polar surface area (TPSA) is 92.9 Å². The molecule has 206 valence electrons. The van der Waals surface area contributed by atoms with E-state index in [-0.39, 0.29) is 29.4 Å². The minimum atomic E-state index is -0.699. The number of ether oxygens (including phenoxy) is 1. The minimum absolute atomic E-state index is 0.0279. The smallest absolute Gasteiger partial charge is 0.309 e. The van der Waals surface area contributed by atoms with Crippen molar-refractivity contribution in [2.24, 2.45) is 28.6 Å². The molecule has 2 aromatic heterocycles. The Morgan fingerprint density at radius 2 is 1.82 bits per heavy atom. The van der Waals surface area contributed by atoms with Crippen LogP contribution in [0.25, 0.3) is 5.65 Å². The standard InChI is InChI=1S/C30H33F2N3O4/c1-16-7-24(39-14-21-22(31)5-4-6-23(21)32)26-34-17(2)25(35(26)13-16)27(36)33-15-29-9-19-8-20(10-29)12-30(11-19,18(29)3)28(37)38/h4-7,13,18-20H,8-12,14-15H2,1-3H3,(H,33,36)(H,37,38). The maximum atomic E-state index is 14.1. The third-order valence-corrected chi connectivity index (χ3v) is 9.78. The Morgan fingerprint density at radius 3 is 2.46 bits per heavy atom. The van der Waals surface area contributed by atoms with Gasteiger partial charge in [-0.05, 0) is 92.9 Å². The van der Waals surface area contributed by atoms with E-state index in [4.69, 9.17) is 4.74 Å². The molecule has 7 rings (SSSR count). The largest absolute Gasteiger partial charge is 0.485 e. The van der Waals surface area contributed by atoms with Gasteiger partial charge in [0.25, 0.3) is 5.91 Å². The van der Waals surface area contributed by atoms with E-state index in [1.54, 1.807) is 23.6 Å². The molecule has 4 aliphatic rings. The van der Waals surface area contributed by atoms with Gasteiger partial charge in [0, 0.05) is 12.7 Å². The van der Waals surface area contributed by atoms with E-state index in [1.165, 1.54) is 18.2 Å². The highest BCUT2D eigenvalue weighted by atomic mass is 19.1. The second-order valence-electron chi connectivity index (χ2n) is 12.1. The molecule has 0 spiro atoms. The molecule has 4 bridgehead atoms. The van der Waals surface area contributed by atoms with Crippen LogP contribution in [0, 0.1) is 54.1 Å². The van der Waals surface area contributed by atoms with E-state index in [9.17, 15) is 23.5 Å². The number of nitrogens with zero attached hydrogens (tertiary/aromatic N) is 2. The van der Waals surface area contributed by atoms with Crippen molar-refractivity contribution in [1.82, 2.24) is 14.7 Å². The molecule has 4 aliphatic carbocycles. The van der Waals surface area contributed by atoms with E-state index in [2.05, 4.69) is 17.2 Å². The number of aliphatic carboxylic acids is 1. The van der Waals surface area contributed by atoms with Gasteiger partial charge in [0.1, 0.15) is 23.9 Å². The highest BCUT2D eigenvalue weighted by Gasteiger charge is 2.65. The van der Waals surface area contributed by atoms with Crippen LogP contribution in [-0.4, -0.2) is 32.9 Å². The summed E-state index contributed by atoms with van der Waals surface area (Å²) < 4.78 is 35.8. The van der Waals surface area contributed by atoms with Gasteiger partial charge in [0.15, 0.2) is 11.4 Å². The summed E-state index contributed by atoms with van der Waals surface area (Å²) in [6, 6.07) is 5.38. The Morgan fingerprint density at radius 1 is 1.15 bits per heavy atom. The average molecular weight is 538 g/mol. The first-order chi connectivity index (χ1) is 18.5. The number of halogens is 2. The van der Waals surface area contributed by atoms with Crippen molar-refractivity contribution in [1.29, 1.82) is 0 Å². The van der Waals surface area contributed by atoms with Crippen LogP contribution < -0.4 is 10.1 Å². The highest BCUT2D eigenvalue weighted by Crippen LogP contribution is 2.67. The van der Waals surface area contributed by atoms with Gasteiger partial charge in [-0.2, -0.15) is 0 Å². The van der Waals surface area contributed by atoms with Crippen molar-refractivity contribution >= 4 is 17.5 Å². The summed E-state index contributed by atoms with van der Waals surface area (Å²) in [5.41, 5.74) is 0.920. The fourth-order valence-electron chi connectivity index (χ4n) is 8.14. The average Bonchev–Trinajstić information content (AvgIpc) is 3.20. The quantitative estimate of drug-likeness (QED) is 0.418. The molecule has 0 saturated heterocycles. The van der Waals surface area contributed by atoms with Crippen LogP contribution in [-0.2, 0) is 11.4 Å². The van der Waals surface area contributed by atoms with Crippen LogP contribution in [0.4, 0.5) is 8.78 Å². The summed E-state index contributed by atoms with van der Waals surface area (Å²) >= 11 is 0. The Bertz CT molecular complexity index is 1460. The van der Waals surface area contributed by atoms with Crippen molar-refractivity contribution in [2.45, 2.75) is 59.5 Å². The zero-order valence-electron chi connectivity index (χ0n) is 22.4. The number of rotatable bonds is 7. The van der Waals surface area contributed by atoms with Crippen molar-refractivity contribution in [3.8, 4) is 5.75 Å². The molecule has 3 unspecified atom stereocenters. The Labute approximate surface area is 225 Å². The molecule has 4 fully saturated rings. The van der Waals surface area contributed by atoms with E-state index in [0.29, 0.717) is 41.2 Å². The molecular weight excluding hydrogens is 504 g/mol. The number of imidazole rings is 1. The summed E-state index contributed by atoms with van der Waals surface area (Å²) in [6.07, 6.45) is 6.23. The minimum Gasteiger partial charge on any atom is -0.485 e. The van der Waals surface area contributed by atoms with E-state index in [0.717, 1.165) is 37.7 Å². The fraction of sp³-hybridized carbons (Fsp3) is 0.500. The summed E-state index contributed by atoms with van der Waals surface area (Å²) in [4.78, 5) is 30.6. The van der Waals surface area contributed by atoms with Crippen LogP contribution in [0.3, 0.4) is 0 Å². The number of amides is 1. The van der Waals surface area contributed by atoms with E-state index >= 15 is 0 Å². The summed E-state index contributed by atoms with van der Waals surface area (Å²) in [6.45, 7) is 5.74. The van der Waals surface area contributed by atoms with Crippen molar-refractivity contribution in [3.63, 3.8) is 0 Å². The van der Waals surface area contributed by atoms with Crippen LogP contribution >= 0.6 is 0 Å². The number of fused-ring (bicyclic) bond motifs is 1. The SMILES string of the molecule is Cc1cc(OCc2c(F)cccc2F)c2nc(C)c(C(=O)NCC34CC5CC(C3)CC(C(=O)O)(C5)C4C)n2c1. The van der Waals surface area contributed by atoms with Gasteiger partial charge in [-0.15, -0.1) is 0 Å². The summed E-state index contributed by atoms with van der Waals surface area (Å²) in [5, 5.41) is 13.3. The molecule has 9 heteroatoms.